The zero-order valence-corrected chi connectivity index (χ0v) is 6.60. The molecule has 1 spiro atoms. The molecule has 2 aliphatic rings. The molecule has 2 rings (SSSR count). The summed E-state index contributed by atoms with van der Waals surface area (Å²) in [6.07, 6.45) is 1.40. The van der Waals surface area contributed by atoms with Crippen LogP contribution >= 0.6 is 0 Å². The van der Waals surface area contributed by atoms with E-state index in [1.807, 2.05) is 0 Å². The van der Waals surface area contributed by atoms with Crippen molar-refractivity contribution in [2.24, 2.45) is 5.41 Å². The van der Waals surface area contributed by atoms with Crippen LogP contribution in [0.4, 0.5) is 0 Å². The van der Waals surface area contributed by atoms with E-state index in [2.05, 4.69) is 0 Å². The molecule has 0 radical (unpaired) electrons. The van der Waals surface area contributed by atoms with Crippen LogP contribution in [-0.2, 0) is 4.74 Å². The van der Waals surface area contributed by atoms with Gasteiger partial charge in [0.25, 0.3) is 0 Å². The van der Waals surface area contributed by atoms with Crippen LogP contribution in [0.15, 0.2) is 11.8 Å². The van der Waals surface area contributed by atoms with Crippen molar-refractivity contribution in [1.82, 2.24) is 0 Å². The van der Waals surface area contributed by atoms with Crippen LogP contribution in [-0.4, -0.2) is 34.3 Å². The summed E-state index contributed by atoms with van der Waals surface area (Å²) >= 11 is 0. The summed E-state index contributed by atoms with van der Waals surface area (Å²) in [7, 11) is 0. The van der Waals surface area contributed by atoms with Crippen molar-refractivity contribution in [3.05, 3.63) is 11.8 Å². The highest BCUT2D eigenvalue weighted by atomic mass is 16.6. The molecule has 0 aromatic carbocycles. The van der Waals surface area contributed by atoms with E-state index in [0.717, 1.165) is 12.8 Å². The zero-order valence-electron chi connectivity index (χ0n) is 6.60. The second kappa shape index (κ2) is 2.45. The van der Waals surface area contributed by atoms with Gasteiger partial charge in [-0.1, -0.05) is 0 Å². The third kappa shape index (κ3) is 0.957. The summed E-state index contributed by atoms with van der Waals surface area (Å²) < 4.78 is 4.99. The summed E-state index contributed by atoms with van der Waals surface area (Å²) in [5, 5.41) is 27.7. The third-order valence-electron chi connectivity index (χ3n) is 2.67. The average molecular weight is 172 g/mol. The second-order valence-corrected chi connectivity index (χ2v) is 3.44. The van der Waals surface area contributed by atoms with Gasteiger partial charge in [0, 0.05) is 0 Å². The first-order chi connectivity index (χ1) is 5.69. The van der Waals surface area contributed by atoms with Gasteiger partial charge in [-0.3, -0.25) is 0 Å². The molecule has 0 aromatic rings. The lowest BCUT2D eigenvalue weighted by atomic mass is 9.95. The van der Waals surface area contributed by atoms with E-state index in [-0.39, 0.29) is 12.4 Å². The predicted octanol–water partition coefficient (Wildman–Crippen LogP) is -0.648. The van der Waals surface area contributed by atoms with Gasteiger partial charge < -0.3 is 20.1 Å². The Morgan fingerprint density at radius 3 is 2.58 bits per heavy atom. The summed E-state index contributed by atoms with van der Waals surface area (Å²) in [6.45, 7) is -0.274. The lowest BCUT2D eigenvalue weighted by Gasteiger charge is -2.31. The molecular formula is C8H12O4. The van der Waals surface area contributed by atoms with Crippen molar-refractivity contribution in [1.29, 1.82) is 0 Å². The molecule has 1 fully saturated rings. The van der Waals surface area contributed by atoms with Gasteiger partial charge in [-0.15, -0.1) is 0 Å². The van der Waals surface area contributed by atoms with Gasteiger partial charge in [0.2, 0.25) is 6.29 Å². The highest BCUT2D eigenvalue weighted by molar-refractivity contribution is 5.15. The van der Waals surface area contributed by atoms with E-state index in [0.29, 0.717) is 0 Å². The SMILES string of the molecule is OCC1=C[C@@H](O)C2(CC2)C(O)O1. The first kappa shape index (κ1) is 8.04. The number of aliphatic hydroxyl groups excluding tert-OH is 3. The first-order valence-corrected chi connectivity index (χ1v) is 4.03. The van der Waals surface area contributed by atoms with Gasteiger partial charge in [-0.25, -0.2) is 0 Å². The molecule has 1 aliphatic carbocycles. The van der Waals surface area contributed by atoms with E-state index in [4.69, 9.17) is 9.84 Å². The van der Waals surface area contributed by atoms with Crippen LogP contribution < -0.4 is 0 Å². The lowest BCUT2D eigenvalue weighted by molar-refractivity contribution is -0.157. The molecule has 1 aliphatic heterocycles. The zero-order chi connectivity index (χ0) is 8.77. The predicted molar refractivity (Wildman–Crippen MR) is 39.9 cm³/mol. The van der Waals surface area contributed by atoms with E-state index in [9.17, 15) is 10.2 Å². The van der Waals surface area contributed by atoms with E-state index in [1.165, 1.54) is 6.08 Å². The molecule has 4 nitrogen and oxygen atoms in total. The number of hydrogen-bond acceptors (Lipinski definition) is 4. The molecule has 3 N–H and O–H groups in total. The molecule has 0 saturated heterocycles. The molecule has 2 atom stereocenters. The van der Waals surface area contributed by atoms with Crippen molar-refractivity contribution in [2.75, 3.05) is 6.61 Å². The van der Waals surface area contributed by atoms with Gasteiger partial charge in [0.05, 0.1) is 11.5 Å². The average Bonchev–Trinajstić information content (AvgIpc) is 2.81. The van der Waals surface area contributed by atoms with E-state index < -0.39 is 17.8 Å². The maximum Gasteiger partial charge on any atom is 0.205 e. The minimum atomic E-state index is -0.959. The molecule has 0 amide bonds. The Morgan fingerprint density at radius 1 is 1.50 bits per heavy atom. The van der Waals surface area contributed by atoms with E-state index >= 15 is 0 Å². The van der Waals surface area contributed by atoms with Gasteiger partial charge >= 0.3 is 0 Å². The molecular weight excluding hydrogens is 160 g/mol. The van der Waals surface area contributed by atoms with Crippen molar-refractivity contribution in [2.45, 2.75) is 25.2 Å². The maximum absolute atomic E-state index is 9.54. The van der Waals surface area contributed by atoms with Crippen LogP contribution in [0, 0.1) is 5.41 Å². The molecule has 68 valence electrons. The summed E-state index contributed by atoms with van der Waals surface area (Å²) in [5.74, 6) is 0.257. The largest absolute Gasteiger partial charge is 0.467 e. The summed E-state index contributed by atoms with van der Waals surface area (Å²) in [6, 6.07) is 0. The van der Waals surface area contributed by atoms with Crippen LogP contribution in [0.3, 0.4) is 0 Å². The fraction of sp³-hybridized carbons (Fsp3) is 0.750. The minimum absolute atomic E-state index is 0.257. The molecule has 0 bridgehead atoms. The lowest BCUT2D eigenvalue weighted by Crippen LogP contribution is -2.38. The Labute approximate surface area is 70.1 Å². The standard InChI is InChI=1S/C8H12O4/c9-4-5-3-6(10)8(1-2-8)7(11)12-5/h3,6-7,9-11H,1-2,4H2/t6-,7?/m1/s1. The number of ether oxygens (including phenoxy) is 1. The minimum Gasteiger partial charge on any atom is -0.467 e. The quantitative estimate of drug-likeness (QED) is 0.491. The van der Waals surface area contributed by atoms with Crippen LogP contribution in [0.25, 0.3) is 0 Å². The Kier molecular flexibility index (Phi) is 1.64. The van der Waals surface area contributed by atoms with Gasteiger partial charge in [0.1, 0.15) is 12.4 Å². The van der Waals surface area contributed by atoms with Crippen LogP contribution in [0.5, 0.6) is 0 Å². The fourth-order valence-electron chi connectivity index (χ4n) is 1.57. The van der Waals surface area contributed by atoms with E-state index in [1.54, 1.807) is 0 Å². The highest BCUT2D eigenvalue weighted by Crippen LogP contribution is 2.54. The Balaban J connectivity index is 2.19. The Morgan fingerprint density at radius 2 is 2.17 bits per heavy atom. The summed E-state index contributed by atoms with van der Waals surface area (Å²) in [4.78, 5) is 0. The van der Waals surface area contributed by atoms with Gasteiger partial charge in [-0.2, -0.15) is 0 Å². The van der Waals surface area contributed by atoms with Gasteiger partial charge in [-0.05, 0) is 18.9 Å². The Hall–Kier alpha value is -0.580. The molecule has 1 unspecified atom stereocenters. The molecule has 1 heterocycles. The van der Waals surface area contributed by atoms with Crippen LogP contribution in [0.1, 0.15) is 12.8 Å². The normalized spacial score (nSPS) is 37.4. The maximum atomic E-state index is 9.54. The van der Waals surface area contributed by atoms with Crippen molar-refractivity contribution in [3.63, 3.8) is 0 Å². The topological polar surface area (TPSA) is 69.9 Å². The summed E-state index contributed by atoms with van der Waals surface area (Å²) in [5.41, 5.74) is -0.474. The highest BCUT2D eigenvalue weighted by Gasteiger charge is 2.57. The van der Waals surface area contributed by atoms with Crippen molar-refractivity contribution in [3.8, 4) is 0 Å². The molecule has 12 heavy (non-hydrogen) atoms. The smallest absolute Gasteiger partial charge is 0.205 e. The molecule has 4 heteroatoms. The first-order valence-electron chi connectivity index (χ1n) is 4.03. The third-order valence-corrected chi connectivity index (χ3v) is 2.67. The van der Waals surface area contributed by atoms with Gasteiger partial charge in [0.15, 0.2) is 0 Å². The molecule has 1 saturated carbocycles. The monoisotopic (exact) mass is 172 g/mol. The van der Waals surface area contributed by atoms with Crippen molar-refractivity contribution < 1.29 is 20.1 Å². The number of aliphatic hydroxyl groups is 3. The Bertz CT molecular complexity index is 219. The number of rotatable bonds is 1. The number of hydrogen-bond donors (Lipinski definition) is 3. The second-order valence-electron chi connectivity index (χ2n) is 3.44. The fourth-order valence-corrected chi connectivity index (χ4v) is 1.57. The van der Waals surface area contributed by atoms with Crippen molar-refractivity contribution >= 4 is 0 Å². The van der Waals surface area contributed by atoms with Crippen LogP contribution in [0.2, 0.25) is 0 Å². The molecule has 0 aromatic heterocycles.